The van der Waals surface area contributed by atoms with Crippen molar-refractivity contribution in [2.45, 2.75) is 63.8 Å². The summed E-state index contributed by atoms with van der Waals surface area (Å²) in [5.41, 5.74) is 2.01. The molecule has 130 valence electrons. The first-order chi connectivity index (χ1) is 11.6. The van der Waals surface area contributed by atoms with E-state index in [9.17, 15) is 4.79 Å². The van der Waals surface area contributed by atoms with E-state index < -0.39 is 0 Å². The quantitative estimate of drug-likeness (QED) is 0.938. The summed E-state index contributed by atoms with van der Waals surface area (Å²) < 4.78 is 7.85. The molecule has 1 aromatic heterocycles. The highest BCUT2D eigenvalue weighted by atomic mass is 16.5. The molecule has 1 aliphatic carbocycles. The molecule has 2 aromatic rings. The van der Waals surface area contributed by atoms with Gasteiger partial charge in [0, 0.05) is 25.2 Å². The van der Waals surface area contributed by atoms with Gasteiger partial charge in [-0.3, -0.25) is 4.57 Å². The first kappa shape index (κ1) is 15.9. The topological polar surface area (TPSA) is 50.3 Å². The maximum absolute atomic E-state index is 12.3. The first-order valence-electron chi connectivity index (χ1n) is 9.20. The van der Waals surface area contributed by atoms with Crippen LogP contribution in [-0.4, -0.2) is 45.8 Å². The molecule has 1 aromatic carbocycles. The number of hydrogen-bond acceptors (Lipinski definition) is 3. The number of nitrogens with one attached hydrogen (secondary N) is 1. The van der Waals surface area contributed by atoms with Gasteiger partial charge in [-0.05, 0) is 51.7 Å². The van der Waals surface area contributed by atoms with Gasteiger partial charge in [-0.2, -0.15) is 0 Å². The number of hydrogen-bond donors (Lipinski definition) is 1. The Morgan fingerprint density at radius 1 is 1.12 bits per heavy atom. The number of piperidine rings is 1. The molecule has 2 heterocycles. The maximum atomic E-state index is 12.3. The zero-order valence-electron chi connectivity index (χ0n) is 14.6. The molecular formula is C19H27N3O2. The molecule has 1 saturated carbocycles. The number of aromatic amines is 1. The Kier molecular flexibility index (Phi) is 4.22. The van der Waals surface area contributed by atoms with E-state index in [2.05, 4.69) is 23.7 Å². The third-order valence-electron chi connectivity index (χ3n) is 5.54. The number of likely N-dealkylation sites (tertiary alicyclic amines) is 1. The molecule has 2 aliphatic rings. The summed E-state index contributed by atoms with van der Waals surface area (Å²) in [4.78, 5) is 17.9. The van der Waals surface area contributed by atoms with Crippen LogP contribution in [0.15, 0.2) is 29.1 Å². The van der Waals surface area contributed by atoms with Gasteiger partial charge in [0.1, 0.15) is 0 Å². The van der Waals surface area contributed by atoms with E-state index >= 15 is 0 Å². The Bertz CT molecular complexity index is 749. The molecular weight excluding hydrogens is 302 g/mol. The van der Waals surface area contributed by atoms with Gasteiger partial charge in [-0.1, -0.05) is 12.1 Å². The van der Waals surface area contributed by atoms with Crippen molar-refractivity contribution in [2.24, 2.45) is 0 Å². The van der Waals surface area contributed by atoms with Crippen LogP contribution < -0.4 is 5.69 Å². The molecule has 0 amide bonds. The van der Waals surface area contributed by atoms with Crippen LogP contribution in [0.1, 0.15) is 45.6 Å². The number of imidazole rings is 1. The van der Waals surface area contributed by atoms with Crippen LogP contribution in [0.4, 0.5) is 0 Å². The van der Waals surface area contributed by atoms with Crippen molar-refractivity contribution in [1.29, 1.82) is 0 Å². The molecule has 1 N–H and O–H groups in total. The molecule has 1 aliphatic heterocycles. The lowest BCUT2D eigenvalue weighted by atomic mass is 9.86. The van der Waals surface area contributed by atoms with Gasteiger partial charge >= 0.3 is 5.69 Å². The van der Waals surface area contributed by atoms with E-state index in [1.54, 1.807) is 0 Å². The van der Waals surface area contributed by atoms with Crippen molar-refractivity contribution < 1.29 is 4.74 Å². The van der Waals surface area contributed by atoms with E-state index in [0.717, 1.165) is 49.8 Å². The molecule has 0 spiro atoms. The zero-order valence-corrected chi connectivity index (χ0v) is 14.6. The van der Waals surface area contributed by atoms with Crippen molar-refractivity contribution in [1.82, 2.24) is 14.5 Å². The van der Waals surface area contributed by atoms with Gasteiger partial charge in [-0.15, -0.1) is 0 Å². The molecule has 24 heavy (non-hydrogen) atoms. The minimum absolute atomic E-state index is 0.0312. The van der Waals surface area contributed by atoms with Gasteiger partial charge in [0.05, 0.1) is 23.2 Å². The van der Waals surface area contributed by atoms with Crippen LogP contribution in [0, 0.1) is 0 Å². The van der Waals surface area contributed by atoms with Gasteiger partial charge in [-0.25, -0.2) is 4.79 Å². The average Bonchev–Trinajstić information content (AvgIpc) is 2.86. The van der Waals surface area contributed by atoms with Crippen LogP contribution >= 0.6 is 0 Å². The number of fused-ring (bicyclic) bond motifs is 1. The third-order valence-corrected chi connectivity index (χ3v) is 5.54. The van der Waals surface area contributed by atoms with Gasteiger partial charge in [0.25, 0.3) is 0 Å². The van der Waals surface area contributed by atoms with E-state index in [1.165, 1.54) is 0 Å². The summed E-state index contributed by atoms with van der Waals surface area (Å²) in [7, 11) is 0. The largest absolute Gasteiger partial charge is 0.375 e. The summed E-state index contributed by atoms with van der Waals surface area (Å²) in [6, 6.07) is 8.98. The number of nitrogens with zero attached hydrogens (tertiary/aromatic N) is 2. The predicted molar refractivity (Wildman–Crippen MR) is 95.4 cm³/mol. The number of benzene rings is 1. The van der Waals surface area contributed by atoms with Crippen LogP contribution in [-0.2, 0) is 4.74 Å². The Hall–Kier alpha value is -1.59. The fraction of sp³-hybridized carbons (Fsp3) is 0.632. The minimum atomic E-state index is 0.0312. The van der Waals surface area contributed by atoms with Crippen molar-refractivity contribution in [3.8, 4) is 0 Å². The van der Waals surface area contributed by atoms with Crippen molar-refractivity contribution >= 4 is 11.0 Å². The normalized spacial score (nSPS) is 26.1. The first-order valence-corrected chi connectivity index (χ1v) is 9.20. The smallest absolute Gasteiger partial charge is 0.326 e. The number of ether oxygens (including phenoxy) is 1. The standard InChI is InChI=1S/C19H27N3O2/c1-13(2)24-16-11-15(12-16)21-9-7-14(8-10-21)22-18-6-4-3-5-17(18)20-19(22)23/h3-6,13-16H,7-12H2,1-2H3,(H,20,23). The fourth-order valence-electron chi connectivity index (χ4n) is 4.28. The van der Waals surface area contributed by atoms with Gasteiger partial charge in [0.2, 0.25) is 0 Å². The number of para-hydroxylation sites is 2. The SMILES string of the molecule is CC(C)OC1CC(N2CCC(n3c(=O)[nH]c4ccccc43)CC2)C1. The highest BCUT2D eigenvalue weighted by Crippen LogP contribution is 2.33. The predicted octanol–water partition coefficient (Wildman–Crippen LogP) is 2.92. The lowest BCUT2D eigenvalue weighted by molar-refractivity contribution is -0.0810. The van der Waals surface area contributed by atoms with E-state index in [1.807, 2.05) is 28.8 Å². The summed E-state index contributed by atoms with van der Waals surface area (Å²) in [6.45, 7) is 6.38. The van der Waals surface area contributed by atoms with Crippen molar-refractivity contribution in [3.63, 3.8) is 0 Å². The van der Waals surface area contributed by atoms with E-state index in [0.29, 0.717) is 24.3 Å². The Balaban J connectivity index is 1.38. The lowest BCUT2D eigenvalue weighted by Gasteiger charge is -2.46. The average molecular weight is 329 g/mol. The molecule has 4 rings (SSSR count). The molecule has 0 radical (unpaired) electrons. The fourth-order valence-corrected chi connectivity index (χ4v) is 4.28. The second kappa shape index (κ2) is 6.37. The van der Waals surface area contributed by atoms with Gasteiger partial charge < -0.3 is 14.6 Å². The van der Waals surface area contributed by atoms with Crippen LogP contribution in [0.2, 0.25) is 0 Å². The number of H-pyrrole nitrogens is 1. The molecule has 0 unspecified atom stereocenters. The maximum Gasteiger partial charge on any atom is 0.326 e. The molecule has 5 heteroatoms. The minimum Gasteiger partial charge on any atom is -0.375 e. The Labute approximate surface area is 142 Å². The second-order valence-corrected chi connectivity index (χ2v) is 7.52. The summed E-state index contributed by atoms with van der Waals surface area (Å²) in [6.07, 6.45) is 5.20. The molecule has 0 bridgehead atoms. The van der Waals surface area contributed by atoms with Crippen molar-refractivity contribution in [2.75, 3.05) is 13.1 Å². The van der Waals surface area contributed by atoms with Gasteiger partial charge in [0.15, 0.2) is 0 Å². The zero-order chi connectivity index (χ0) is 16.7. The Morgan fingerprint density at radius 2 is 1.83 bits per heavy atom. The lowest BCUT2D eigenvalue weighted by Crippen LogP contribution is -2.51. The molecule has 0 atom stereocenters. The van der Waals surface area contributed by atoms with E-state index in [-0.39, 0.29) is 5.69 Å². The van der Waals surface area contributed by atoms with Crippen LogP contribution in [0.25, 0.3) is 11.0 Å². The van der Waals surface area contributed by atoms with Crippen molar-refractivity contribution in [3.05, 3.63) is 34.7 Å². The molecule has 2 fully saturated rings. The van der Waals surface area contributed by atoms with Crippen LogP contribution in [0.5, 0.6) is 0 Å². The summed E-state index contributed by atoms with van der Waals surface area (Å²) >= 11 is 0. The molecule has 5 nitrogen and oxygen atoms in total. The summed E-state index contributed by atoms with van der Waals surface area (Å²) in [5.74, 6) is 0. The molecule has 1 saturated heterocycles. The monoisotopic (exact) mass is 329 g/mol. The summed E-state index contributed by atoms with van der Waals surface area (Å²) in [5, 5.41) is 0. The number of rotatable bonds is 4. The second-order valence-electron chi connectivity index (χ2n) is 7.52. The highest BCUT2D eigenvalue weighted by molar-refractivity contribution is 5.75. The number of aromatic nitrogens is 2. The third kappa shape index (κ3) is 2.91. The van der Waals surface area contributed by atoms with E-state index in [4.69, 9.17) is 4.74 Å². The van der Waals surface area contributed by atoms with Crippen LogP contribution in [0.3, 0.4) is 0 Å². The Morgan fingerprint density at radius 3 is 2.54 bits per heavy atom. The highest BCUT2D eigenvalue weighted by Gasteiger charge is 2.36.